The molecule has 39 heavy (non-hydrogen) atoms. The van der Waals surface area contributed by atoms with Crippen molar-refractivity contribution in [2.45, 2.75) is 24.8 Å². The number of nitrogens with one attached hydrogen (secondary N) is 1. The van der Waals surface area contributed by atoms with Gasteiger partial charge in [0.15, 0.2) is 0 Å². The van der Waals surface area contributed by atoms with Crippen molar-refractivity contribution < 1.29 is 14.4 Å². The Balaban J connectivity index is 1.28. The zero-order chi connectivity index (χ0) is 27.4. The van der Waals surface area contributed by atoms with Crippen LogP contribution in [0.4, 0.5) is 5.69 Å². The van der Waals surface area contributed by atoms with Gasteiger partial charge in [-0.1, -0.05) is 47.5 Å². The van der Waals surface area contributed by atoms with Crippen LogP contribution in [0.25, 0.3) is 0 Å². The van der Waals surface area contributed by atoms with Crippen LogP contribution in [0.1, 0.15) is 28.9 Å². The Hall–Kier alpha value is -3.62. The fourth-order valence-electron chi connectivity index (χ4n) is 5.34. The predicted molar refractivity (Wildman–Crippen MR) is 151 cm³/mol. The SMILES string of the molecule is O=C(CN1CN(c2ccccc2)C2(CCN(C(=O)c3ccc(Cl)cc3Cl)CC2)C1=O)NCCc1ccccn1. The van der Waals surface area contributed by atoms with Gasteiger partial charge in [-0.2, -0.15) is 0 Å². The second kappa shape index (κ2) is 11.6. The number of benzene rings is 2. The molecule has 1 aromatic heterocycles. The fraction of sp³-hybridized carbons (Fsp3) is 0.310. The summed E-state index contributed by atoms with van der Waals surface area (Å²) in [4.78, 5) is 49.6. The number of amides is 3. The maximum Gasteiger partial charge on any atom is 0.255 e. The molecular formula is C29H29Cl2N5O3. The smallest absolute Gasteiger partial charge is 0.255 e. The quantitative estimate of drug-likeness (QED) is 0.467. The van der Waals surface area contributed by atoms with Crippen LogP contribution in [0.5, 0.6) is 0 Å². The first-order valence-corrected chi connectivity index (χ1v) is 13.7. The summed E-state index contributed by atoms with van der Waals surface area (Å²) in [7, 11) is 0. The highest BCUT2D eigenvalue weighted by Crippen LogP contribution is 2.40. The minimum atomic E-state index is -0.837. The van der Waals surface area contributed by atoms with E-state index in [0.29, 0.717) is 61.2 Å². The second-order valence-corrected chi connectivity index (χ2v) is 10.6. The Bertz CT molecular complexity index is 1350. The van der Waals surface area contributed by atoms with Gasteiger partial charge in [0.1, 0.15) is 12.1 Å². The third-order valence-electron chi connectivity index (χ3n) is 7.39. The van der Waals surface area contributed by atoms with Crippen LogP contribution < -0.4 is 10.2 Å². The molecule has 202 valence electrons. The first kappa shape index (κ1) is 27.0. The topological polar surface area (TPSA) is 85.9 Å². The molecule has 0 atom stereocenters. The summed E-state index contributed by atoms with van der Waals surface area (Å²) >= 11 is 12.3. The number of pyridine rings is 1. The Morgan fingerprint density at radius 1 is 0.974 bits per heavy atom. The third kappa shape index (κ3) is 5.72. The van der Waals surface area contributed by atoms with Gasteiger partial charge < -0.3 is 20.0 Å². The summed E-state index contributed by atoms with van der Waals surface area (Å²) < 4.78 is 0. The van der Waals surface area contributed by atoms with E-state index in [1.54, 1.807) is 34.2 Å². The number of carbonyl (C=O) groups is 3. The number of aromatic nitrogens is 1. The van der Waals surface area contributed by atoms with Crippen LogP contribution in [0.2, 0.25) is 10.0 Å². The van der Waals surface area contributed by atoms with E-state index in [1.807, 2.05) is 48.5 Å². The first-order chi connectivity index (χ1) is 18.9. The number of hydrogen-bond acceptors (Lipinski definition) is 5. The van der Waals surface area contributed by atoms with E-state index in [0.717, 1.165) is 11.4 Å². The lowest BCUT2D eigenvalue weighted by Gasteiger charge is -2.43. The molecule has 3 amide bonds. The molecule has 0 aliphatic carbocycles. The molecule has 0 saturated carbocycles. The van der Waals surface area contributed by atoms with Crippen molar-refractivity contribution in [1.29, 1.82) is 0 Å². The molecule has 2 aliphatic heterocycles. The van der Waals surface area contributed by atoms with Gasteiger partial charge >= 0.3 is 0 Å². The number of carbonyl (C=O) groups excluding carboxylic acids is 3. The molecular weight excluding hydrogens is 537 g/mol. The largest absolute Gasteiger partial charge is 0.354 e. The van der Waals surface area contributed by atoms with Crippen LogP contribution >= 0.6 is 23.2 Å². The average Bonchev–Trinajstić information content (AvgIpc) is 3.20. The van der Waals surface area contributed by atoms with E-state index < -0.39 is 5.54 Å². The lowest BCUT2D eigenvalue weighted by molar-refractivity contribution is -0.137. The molecule has 0 radical (unpaired) electrons. The monoisotopic (exact) mass is 565 g/mol. The van der Waals surface area contributed by atoms with Gasteiger partial charge in [-0.25, -0.2) is 0 Å². The van der Waals surface area contributed by atoms with Gasteiger partial charge in [0.2, 0.25) is 5.91 Å². The average molecular weight is 566 g/mol. The van der Waals surface area contributed by atoms with Crippen molar-refractivity contribution >= 4 is 46.6 Å². The van der Waals surface area contributed by atoms with E-state index in [-0.39, 0.29) is 24.3 Å². The summed E-state index contributed by atoms with van der Waals surface area (Å²) in [6.07, 6.45) is 3.22. The lowest BCUT2D eigenvalue weighted by atomic mass is 9.85. The zero-order valence-corrected chi connectivity index (χ0v) is 22.9. The molecule has 10 heteroatoms. The van der Waals surface area contributed by atoms with Gasteiger partial charge in [0, 0.05) is 48.7 Å². The zero-order valence-electron chi connectivity index (χ0n) is 21.4. The minimum absolute atomic E-state index is 0.0326. The van der Waals surface area contributed by atoms with E-state index in [1.165, 1.54) is 0 Å². The van der Waals surface area contributed by atoms with Gasteiger partial charge in [-0.05, 0) is 55.3 Å². The van der Waals surface area contributed by atoms with E-state index in [2.05, 4.69) is 15.2 Å². The molecule has 1 N–H and O–H groups in total. The molecule has 2 aromatic carbocycles. The Morgan fingerprint density at radius 3 is 2.41 bits per heavy atom. The molecule has 0 unspecified atom stereocenters. The highest BCUT2D eigenvalue weighted by atomic mass is 35.5. The maximum atomic E-state index is 13.9. The van der Waals surface area contributed by atoms with E-state index in [4.69, 9.17) is 23.2 Å². The summed E-state index contributed by atoms with van der Waals surface area (Å²) in [5.74, 6) is -0.496. The Morgan fingerprint density at radius 2 is 1.72 bits per heavy atom. The number of piperidine rings is 1. The molecule has 3 aromatic rings. The van der Waals surface area contributed by atoms with Gasteiger partial charge in [0.05, 0.1) is 17.3 Å². The van der Waals surface area contributed by atoms with Crippen molar-refractivity contribution in [2.75, 3.05) is 37.7 Å². The summed E-state index contributed by atoms with van der Waals surface area (Å²) in [5, 5.41) is 3.67. The fourth-order valence-corrected chi connectivity index (χ4v) is 5.83. The highest BCUT2D eigenvalue weighted by Gasteiger charge is 2.54. The van der Waals surface area contributed by atoms with Crippen molar-refractivity contribution in [3.8, 4) is 0 Å². The van der Waals surface area contributed by atoms with Gasteiger partial charge in [0.25, 0.3) is 11.8 Å². The van der Waals surface area contributed by atoms with Crippen LogP contribution in [-0.2, 0) is 16.0 Å². The van der Waals surface area contributed by atoms with E-state index >= 15 is 0 Å². The predicted octanol–water partition coefficient (Wildman–Crippen LogP) is 4.03. The third-order valence-corrected chi connectivity index (χ3v) is 7.93. The molecule has 2 fully saturated rings. The molecule has 1 spiro atoms. The summed E-state index contributed by atoms with van der Waals surface area (Å²) in [5.41, 5.74) is 1.35. The molecule has 3 heterocycles. The normalized spacial score (nSPS) is 16.6. The van der Waals surface area contributed by atoms with Gasteiger partial charge in [-0.15, -0.1) is 0 Å². The van der Waals surface area contributed by atoms with Crippen LogP contribution in [0, 0.1) is 0 Å². The molecule has 2 saturated heterocycles. The first-order valence-electron chi connectivity index (χ1n) is 12.9. The molecule has 5 rings (SSSR count). The number of hydrogen-bond donors (Lipinski definition) is 1. The number of para-hydroxylation sites is 1. The van der Waals surface area contributed by atoms with Crippen LogP contribution in [0.15, 0.2) is 72.9 Å². The number of halogens is 2. The van der Waals surface area contributed by atoms with Crippen molar-refractivity contribution in [1.82, 2.24) is 20.1 Å². The summed E-state index contributed by atoms with van der Waals surface area (Å²) in [6.45, 7) is 1.48. The highest BCUT2D eigenvalue weighted by molar-refractivity contribution is 6.36. The Kier molecular flexibility index (Phi) is 8.04. The van der Waals surface area contributed by atoms with E-state index in [9.17, 15) is 14.4 Å². The Labute approximate surface area is 237 Å². The number of anilines is 1. The number of nitrogens with zero attached hydrogens (tertiary/aromatic N) is 4. The summed E-state index contributed by atoms with van der Waals surface area (Å²) in [6, 6.07) is 20.2. The molecule has 2 aliphatic rings. The second-order valence-electron chi connectivity index (χ2n) is 9.78. The van der Waals surface area contributed by atoms with Crippen molar-refractivity contribution in [3.63, 3.8) is 0 Å². The molecule has 0 bridgehead atoms. The lowest BCUT2D eigenvalue weighted by Crippen LogP contribution is -2.57. The van der Waals surface area contributed by atoms with Crippen molar-refractivity contribution in [3.05, 3.63) is 94.2 Å². The molecule has 8 nitrogen and oxygen atoms in total. The number of likely N-dealkylation sites (tertiary alicyclic amines) is 1. The van der Waals surface area contributed by atoms with Crippen molar-refractivity contribution in [2.24, 2.45) is 0 Å². The minimum Gasteiger partial charge on any atom is -0.354 e. The number of rotatable bonds is 7. The maximum absolute atomic E-state index is 13.9. The van der Waals surface area contributed by atoms with Crippen LogP contribution in [0.3, 0.4) is 0 Å². The standard InChI is InChI=1S/C29H29Cl2N5O3/c30-21-9-10-24(25(31)18-21)27(38)34-16-12-29(13-17-34)28(39)35(20-36(29)23-7-2-1-3-8-23)19-26(37)33-15-11-22-6-4-5-14-32-22/h1-10,14,18H,11-13,15-17,19-20H2,(H,33,37). The van der Waals surface area contributed by atoms with Crippen LogP contribution in [-0.4, -0.2) is 70.9 Å². The van der Waals surface area contributed by atoms with Gasteiger partial charge in [-0.3, -0.25) is 19.4 Å².